The second kappa shape index (κ2) is 30.9. The number of ether oxygens (including phenoxy) is 4. The molecule has 0 spiro atoms. The van der Waals surface area contributed by atoms with E-state index >= 15 is 0 Å². The van der Waals surface area contributed by atoms with Gasteiger partial charge in [0.1, 0.15) is 12.7 Å². The van der Waals surface area contributed by atoms with Crippen LogP contribution < -0.4 is 0 Å². The predicted molar refractivity (Wildman–Crippen MR) is 278 cm³/mol. The highest BCUT2D eigenvalue weighted by Crippen LogP contribution is 2.67. The second-order valence-electron chi connectivity index (χ2n) is 23.6. The highest BCUT2D eigenvalue weighted by molar-refractivity contribution is 5.72. The van der Waals surface area contributed by atoms with Gasteiger partial charge in [-0.1, -0.05) is 149 Å². The van der Waals surface area contributed by atoms with Crippen molar-refractivity contribution in [2.24, 2.45) is 46.3 Å². The van der Waals surface area contributed by atoms with Gasteiger partial charge >= 0.3 is 11.9 Å². The summed E-state index contributed by atoms with van der Waals surface area (Å²) in [4.78, 5) is 28.2. The number of piperidine rings is 1. The van der Waals surface area contributed by atoms with Crippen molar-refractivity contribution in [2.45, 2.75) is 253 Å². The molecule has 0 aromatic rings. The minimum absolute atomic E-state index is 0.0271. The standard InChI is InChI=1S/C60H105NO6/c1-7-8-9-10-11-12-13-14-15-16-17-18-19-20-21-25-42-64-47-52(46-61-40-23-22-24-41-61)65-43-44-66-57(62)30-27-31-58(63)67-51-36-38-59(5)50(45-51)32-33-53-55-35-34-54(49(4)29-26-28-48(2)3)60(55,6)39-37-56(53)59/h14-15,32,48-49,51-56H,7-13,16-31,33-47H2,1-6H3/b15-14-/t49-,51+,52?,53+,54-,55+,56+,59+,60-/m1/s1. The molecule has 0 radical (unpaired) electrons. The van der Waals surface area contributed by atoms with Crippen molar-refractivity contribution < 1.29 is 28.5 Å². The van der Waals surface area contributed by atoms with Crippen LogP contribution in [-0.4, -0.2) is 75.1 Å². The minimum Gasteiger partial charge on any atom is -0.463 e. The Kier molecular flexibility index (Phi) is 25.9. The number of carbonyl (C=O) groups is 2. The Bertz CT molecular complexity index is 1440. The SMILES string of the molecule is CCCCCCCC/C=C\CCCCCCCCOCC(CN1CCCCC1)OCCOC(=O)CCCC(=O)O[C@H]1CC[C@@]2(C)C(=CC[C@H]3[C@@H]4CC[C@H]([C@H](C)CCCC(C)C)[C@@]4(C)CC[C@@H]32)C1. The first-order valence-corrected chi connectivity index (χ1v) is 29.1. The van der Waals surface area contributed by atoms with Gasteiger partial charge in [-0.2, -0.15) is 0 Å². The lowest BCUT2D eigenvalue weighted by Gasteiger charge is -2.58. The average molecular weight is 937 g/mol. The lowest BCUT2D eigenvalue weighted by molar-refractivity contribution is -0.152. The highest BCUT2D eigenvalue weighted by atomic mass is 16.6. The normalized spacial score (nSPS) is 28.5. The summed E-state index contributed by atoms with van der Waals surface area (Å²) in [7, 11) is 0. The van der Waals surface area contributed by atoms with Crippen LogP contribution in [0.1, 0.15) is 241 Å². The molecule has 0 bridgehead atoms. The van der Waals surface area contributed by atoms with E-state index in [1.807, 2.05) is 0 Å². The zero-order valence-corrected chi connectivity index (χ0v) is 44.6. The van der Waals surface area contributed by atoms with Crippen molar-refractivity contribution in [3.8, 4) is 0 Å². The number of allylic oxidation sites excluding steroid dienone is 3. The van der Waals surface area contributed by atoms with Crippen LogP contribution in [0.25, 0.3) is 0 Å². The van der Waals surface area contributed by atoms with E-state index in [9.17, 15) is 9.59 Å². The Hall–Kier alpha value is -1.70. The summed E-state index contributed by atoms with van der Waals surface area (Å²) >= 11 is 0. The molecule has 0 aromatic carbocycles. The van der Waals surface area contributed by atoms with E-state index in [1.54, 1.807) is 5.57 Å². The minimum atomic E-state index is -0.270. The molecule has 67 heavy (non-hydrogen) atoms. The monoisotopic (exact) mass is 936 g/mol. The Labute approximate surface area is 412 Å². The number of unbranched alkanes of at least 4 members (excludes halogenated alkanes) is 12. The molecule has 1 saturated heterocycles. The first-order valence-electron chi connectivity index (χ1n) is 29.1. The number of nitrogens with zero attached hydrogens (tertiary/aromatic N) is 1. The van der Waals surface area contributed by atoms with E-state index < -0.39 is 0 Å². The van der Waals surface area contributed by atoms with E-state index in [0.29, 0.717) is 25.0 Å². The van der Waals surface area contributed by atoms with Gasteiger partial charge in [0.05, 0.1) is 19.3 Å². The van der Waals surface area contributed by atoms with E-state index in [1.165, 1.54) is 154 Å². The Morgan fingerprint density at radius 1 is 0.731 bits per heavy atom. The number of fused-ring (bicyclic) bond motifs is 5. The molecular weight excluding hydrogens is 831 g/mol. The molecule has 1 unspecified atom stereocenters. The third-order valence-corrected chi connectivity index (χ3v) is 18.0. The van der Waals surface area contributed by atoms with Crippen molar-refractivity contribution in [2.75, 3.05) is 46.1 Å². The molecule has 7 heteroatoms. The number of hydrogen-bond acceptors (Lipinski definition) is 7. The quantitative estimate of drug-likeness (QED) is 0.0361. The van der Waals surface area contributed by atoms with E-state index in [4.69, 9.17) is 18.9 Å². The molecule has 1 heterocycles. The summed E-state index contributed by atoms with van der Waals surface area (Å²) in [5.74, 6) is 4.52. The lowest BCUT2D eigenvalue weighted by Crippen LogP contribution is -2.51. The second-order valence-corrected chi connectivity index (χ2v) is 23.6. The third kappa shape index (κ3) is 18.8. The molecule has 4 fully saturated rings. The number of likely N-dealkylation sites (tertiary alicyclic amines) is 1. The molecule has 5 aliphatic rings. The molecule has 5 rings (SSSR count). The molecule has 9 atom stereocenters. The first kappa shape index (κ1) is 56.2. The summed E-state index contributed by atoms with van der Waals surface area (Å²) < 4.78 is 24.0. The fraction of sp³-hybridized carbons (Fsp3) is 0.900. The molecule has 0 amide bonds. The van der Waals surface area contributed by atoms with Crippen LogP contribution in [0.4, 0.5) is 0 Å². The topological polar surface area (TPSA) is 74.3 Å². The van der Waals surface area contributed by atoms with Gasteiger partial charge in [-0.25, -0.2) is 0 Å². The summed E-state index contributed by atoms with van der Waals surface area (Å²) in [6.45, 7) is 19.8. The van der Waals surface area contributed by atoms with Crippen molar-refractivity contribution >= 4 is 11.9 Å². The summed E-state index contributed by atoms with van der Waals surface area (Å²) in [6, 6.07) is 0. The van der Waals surface area contributed by atoms with Gasteiger partial charge in [0.25, 0.3) is 0 Å². The van der Waals surface area contributed by atoms with Crippen LogP contribution in [0, 0.1) is 46.3 Å². The van der Waals surface area contributed by atoms with Gasteiger partial charge in [0.2, 0.25) is 0 Å². The molecule has 7 nitrogen and oxygen atoms in total. The van der Waals surface area contributed by atoms with E-state index in [-0.39, 0.29) is 49.0 Å². The van der Waals surface area contributed by atoms with Crippen molar-refractivity contribution in [1.82, 2.24) is 4.90 Å². The molecule has 0 aromatic heterocycles. The van der Waals surface area contributed by atoms with Gasteiger partial charge in [0, 0.05) is 32.4 Å². The van der Waals surface area contributed by atoms with Crippen LogP contribution in [0.5, 0.6) is 0 Å². The molecule has 386 valence electrons. The zero-order chi connectivity index (χ0) is 47.7. The number of carbonyl (C=O) groups excluding carboxylic acids is 2. The maximum atomic E-state index is 13.0. The van der Waals surface area contributed by atoms with Crippen LogP contribution in [0.15, 0.2) is 23.8 Å². The Balaban J connectivity index is 0.905. The summed E-state index contributed by atoms with van der Waals surface area (Å²) in [5, 5.41) is 0. The van der Waals surface area contributed by atoms with Crippen LogP contribution in [0.2, 0.25) is 0 Å². The molecular formula is C60H105NO6. The molecule has 0 N–H and O–H groups in total. The van der Waals surface area contributed by atoms with Crippen LogP contribution in [-0.2, 0) is 28.5 Å². The van der Waals surface area contributed by atoms with E-state index in [0.717, 1.165) is 87.4 Å². The number of hydrogen-bond donors (Lipinski definition) is 0. The van der Waals surface area contributed by atoms with Gasteiger partial charge < -0.3 is 23.8 Å². The Morgan fingerprint density at radius 2 is 1.43 bits per heavy atom. The van der Waals surface area contributed by atoms with Crippen molar-refractivity contribution in [3.05, 3.63) is 23.8 Å². The average Bonchev–Trinajstić information content (AvgIpc) is 3.67. The van der Waals surface area contributed by atoms with Gasteiger partial charge in [-0.15, -0.1) is 0 Å². The maximum absolute atomic E-state index is 13.0. The van der Waals surface area contributed by atoms with Gasteiger partial charge in [-0.3, -0.25) is 9.59 Å². The summed E-state index contributed by atoms with van der Waals surface area (Å²) in [5.41, 5.74) is 2.30. The fourth-order valence-corrected chi connectivity index (χ4v) is 14.1. The largest absolute Gasteiger partial charge is 0.463 e. The number of esters is 2. The van der Waals surface area contributed by atoms with E-state index in [2.05, 4.69) is 64.7 Å². The zero-order valence-electron chi connectivity index (χ0n) is 44.6. The van der Waals surface area contributed by atoms with Gasteiger partial charge in [0.15, 0.2) is 0 Å². The first-order chi connectivity index (χ1) is 32.5. The fourth-order valence-electron chi connectivity index (χ4n) is 14.1. The summed E-state index contributed by atoms with van der Waals surface area (Å²) in [6.07, 6.45) is 44.2. The molecule has 1 aliphatic heterocycles. The predicted octanol–water partition coefficient (Wildman–Crippen LogP) is 15.6. The Morgan fingerprint density at radius 3 is 2.16 bits per heavy atom. The smallest absolute Gasteiger partial charge is 0.306 e. The highest BCUT2D eigenvalue weighted by Gasteiger charge is 2.59. The lowest BCUT2D eigenvalue weighted by atomic mass is 9.47. The van der Waals surface area contributed by atoms with Crippen molar-refractivity contribution in [1.29, 1.82) is 0 Å². The van der Waals surface area contributed by atoms with Crippen LogP contribution >= 0.6 is 0 Å². The third-order valence-electron chi connectivity index (χ3n) is 18.0. The van der Waals surface area contributed by atoms with Crippen LogP contribution in [0.3, 0.4) is 0 Å². The maximum Gasteiger partial charge on any atom is 0.306 e. The number of rotatable bonds is 34. The van der Waals surface area contributed by atoms with Gasteiger partial charge in [-0.05, 0) is 156 Å². The molecule has 3 saturated carbocycles. The molecule has 4 aliphatic carbocycles. The van der Waals surface area contributed by atoms with Crippen molar-refractivity contribution in [3.63, 3.8) is 0 Å².